The SMILES string of the molecule is NC(=O)c1cnc(OCCO)c(-c2cccc(C(F)(F)F)c2)c1. The lowest BCUT2D eigenvalue weighted by Gasteiger charge is -2.13. The van der Waals surface area contributed by atoms with Crippen LogP contribution in [0.5, 0.6) is 5.88 Å². The number of nitrogens with zero attached hydrogens (tertiary/aromatic N) is 1. The molecule has 1 amide bonds. The molecule has 23 heavy (non-hydrogen) atoms. The third-order valence-electron chi connectivity index (χ3n) is 2.97. The fourth-order valence-corrected chi connectivity index (χ4v) is 1.91. The Morgan fingerprint density at radius 1 is 1.30 bits per heavy atom. The quantitative estimate of drug-likeness (QED) is 0.882. The van der Waals surface area contributed by atoms with Crippen LogP contribution in [0.3, 0.4) is 0 Å². The highest BCUT2D eigenvalue weighted by Crippen LogP contribution is 2.35. The molecule has 0 spiro atoms. The van der Waals surface area contributed by atoms with Crippen LogP contribution in [-0.2, 0) is 6.18 Å². The van der Waals surface area contributed by atoms with E-state index in [4.69, 9.17) is 15.6 Å². The number of aliphatic hydroxyl groups excluding tert-OH is 1. The van der Waals surface area contributed by atoms with Crippen molar-refractivity contribution in [1.29, 1.82) is 0 Å². The summed E-state index contributed by atoms with van der Waals surface area (Å²) in [5.74, 6) is -0.761. The summed E-state index contributed by atoms with van der Waals surface area (Å²) in [5, 5.41) is 8.81. The minimum absolute atomic E-state index is 0.00312. The standard InChI is InChI=1S/C15H13F3N2O3/c16-15(17,18)11-3-1-2-9(6-11)12-7-10(13(19)22)8-20-14(12)23-5-4-21/h1-3,6-8,21H,4-5H2,(H2,19,22). The van der Waals surface area contributed by atoms with Gasteiger partial charge in [-0.05, 0) is 23.8 Å². The van der Waals surface area contributed by atoms with Crippen LogP contribution in [0.1, 0.15) is 15.9 Å². The van der Waals surface area contributed by atoms with Gasteiger partial charge in [-0.2, -0.15) is 13.2 Å². The number of benzene rings is 1. The maximum atomic E-state index is 12.8. The number of pyridine rings is 1. The fraction of sp³-hybridized carbons (Fsp3) is 0.200. The number of ether oxygens (including phenoxy) is 1. The third kappa shape index (κ3) is 3.98. The zero-order valence-electron chi connectivity index (χ0n) is 11.8. The van der Waals surface area contributed by atoms with Gasteiger partial charge in [-0.3, -0.25) is 4.79 Å². The van der Waals surface area contributed by atoms with Crippen molar-refractivity contribution in [3.05, 3.63) is 47.7 Å². The van der Waals surface area contributed by atoms with Crippen molar-refractivity contribution in [1.82, 2.24) is 4.98 Å². The number of amides is 1. The molecule has 0 atom stereocenters. The molecular formula is C15H13F3N2O3. The van der Waals surface area contributed by atoms with Crippen LogP contribution in [0.2, 0.25) is 0 Å². The maximum absolute atomic E-state index is 12.8. The number of carbonyl (C=O) groups excluding carboxylic acids is 1. The molecule has 0 saturated heterocycles. The van der Waals surface area contributed by atoms with E-state index in [1.54, 1.807) is 0 Å². The fourth-order valence-electron chi connectivity index (χ4n) is 1.91. The van der Waals surface area contributed by atoms with Gasteiger partial charge in [0.2, 0.25) is 11.8 Å². The first-order valence-electron chi connectivity index (χ1n) is 6.54. The van der Waals surface area contributed by atoms with Gasteiger partial charge in [-0.25, -0.2) is 4.98 Å². The van der Waals surface area contributed by atoms with Crippen molar-refractivity contribution in [3.8, 4) is 17.0 Å². The molecule has 122 valence electrons. The van der Waals surface area contributed by atoms with Crippen LogP contribution in [0, 0.1) is 0 Å². The summed E-state index contributed by atoms with van der Waals surface area (Å²) in [4.78, 5) is 15.1. The number of carbonyl (C=O) groups is 1. The summed E-state index contributed by atoms with van der Waals surface area (Å²) >= 11 is 0. The number of primary amides is 1. The summed E-state index contributed by atoms with van der Waals surface area (Å²) in [5.41, 5.74) is 4.72. The predicted octanol–water partition coefficient (Wildman–Crippen LogP) is 2.24. The number of hydrogen-bond acceptors (Lipinski definition) is 4. The van der Waals surface area contributed by atoms with Crippen LogP contribution in [-0.4, -0.2) is 29.2 Å². The van der Waals surface area contributed by atoms with Gasteiger partial charge in [0, 0.05) is 11.8 Å². The number of rotatable bonds is 5. The van der Waals surface area contributed by atoms with Crippen molar-refractivity contribution in [2.75, 3.05) is 13.2 Å². The molecule has 2 aromatic rings. The highest BCUT2D eigenvalue weighted by molar-refractivity contribution is 5.94. The van der Waals surface area contributed by atoms with E-state index in [1.165, 1.54) is 18.2 Å². The average Bonchev–Trinajstić information content (AvgIpc) is 2.52. The van der Waals surface area contributed by atoms with E-state index in [-0.39, 0.29) is 35.8 Å². The normalized spacial score (nSPS) is 11.3. The van der Waals surface area contributed by atoms with Crippen molar-refractivity contribution in [2.24, 2.45) is 5.73 Å². The lowest BCUT2D eigenvalue weighted by molar-refractivity contribution is -0.137. The van der Waals surface area contributed by atoms with Crippen LogP contribution < -0.4 is 10.5 Å². The second-order valence-corrected chi connectivity index (χ2v) is 4.59. The first-order valence-corrected chi connectivity index (χ1v) is 6.54. The Hall–Kier alpha value is -2.61. The zero-order chi connectivity index (χ0) is 17.0. The molecule has 3 N–H and O–H groups in total. The summed E-state index contributed by atoms with van der Waals surface area (Å²) < 4.78 is 43.7. The van der Waals surface area contributed by atoms with Crippen molar-refractivity contribution in [3.63, 3.8) is 0 Å². The second kappa shape index (κ2) is 6.66. The Labute approximate surface area is 129 Å². The summed E-state index contributed by atoms with van der Waals surface area (Å²) in [7, 11) is 0. The topological polar surface area (TPSA) is 85.4 Å². The Kier molecular flexibility index (Phi) is 4.85. The van der Waals surface area contributed by atoms with Crippen molar-refractivity contribution in [2.45, 2.75) is 6.18 Å². The van der Waals surface area contributed by atoms with Gasteiger partial charge in [-0.1, -0.05) is 12.1 Å². The van der Waals surface area contributed by atoms with Gasteiger partial charge in [-0.15, -0.1) is 0 Å². The Morgan fingerprint density at radius 2 is 2.04 bits per heavy atom. The lowest BCUT2D eigenvalue weighted by atomic mass is 10.0. The molecule has 0 saturated carbocycles. The highest BCUT2D eigenvalue weighted by atomic mass is 19.4. The molecule has 0 bridgehead atoms. The Morgan fingerprint density at radius 3 is 2.65 bits per heavy atom. The van der Waals surface area contributed by atoms with E-state index >= 15 is 0 Å². The molecular weight excluding hydrogens is 313 g/mol. The minimum Gasteiger partial charge on any atom is -0.475 e. The van der Waals surface area contributed by atoms with Crippen LogP contribution in [0.15, 0.2) is 36.5 Å². The van der Waals surface area contributed by atoms with Crippen molar-refractivity contribution >= 4 is 5.91 Å². The van der Waals surface area contributed by atoms with E-state index in [0.717, 1.165) is 18.3 Å². The van der Waals surface area contributed by atoms with Gasteiger partial charge in [0.1, 0.15) is 6.61 Å². The maximum Gasteiger partial charge on any atom is 0.416 e. The van der Waals surface area contributed by atoms with E-state index in [2.05, 4.69) is 4.98 Å². The van der Waals surface area contributed by atoms with Crippen LogP contribution in [0.4, 0.5) is 13.2 Å². The summed E-state index contributed by atoms with van der Waals surface area (Å²) in [6, 6.07) is 5.84. The van der Waals surface area contributed by atoms with Gasteiger partial charge in [0.15, 0.2) is 0 Å². The molecule has 0 aliphatic rings. The highest BCUT2D eigenvalue weighted by Gasteiger charge is 2.30. The number of hydrogen-bond donors (Lipinski definition) is 2. The average molecular weight is 326 g/mol. The molecule has 0 fully saturated rings. The van der Waals surface area contributed by atoms with E-state index in [0.29, 0.717) is 0 Å². The van der Waals surface area contributed by atoms with E-state index in [9.17, 15) is 18.0 Å². The molecule has 5 nitrogen and oxygen atoms in total. The van der Waals surface area contributed by atoms with Gasteiger partial charge in [0.25, 0.3) is 0 Å². The molecule has 0 aliphatic carbocycles. The molecule has 1 aromatic carbocycles. The second-order valence-electron chi connectivity index (χ2n) is 4.59. The van der Waals surface area contributed by atoms with E-state index < -0.39 is 17.6 Å². The number of aliphatic hydroxyl groups is 1. The molecule has 8 heteroatoms. The van der Waals surface area contributed by atoms with E-state index in [1.807, 2.05) is 0 Å². The third-order valence-corrected chi connectivity index (χ3v) is 2.97. The number of halogens is 3. The summed E-state index contributed by atoms with van der Waals surface area (Å²) in [6.07, 6.45) is -3.34. The van der Waals surface area contributed by atoms with Gasteiger partial charge in [0.05, 0.1) is 17.7 Å². The zero-order valence-corrected chi connectivity index (χ0v) is 11.8. The molecule has 1 aromatic heterocycles. The molecule has 2 rings (SSSR count). The smallest absolute Gasteiger partial charge is 0.416 e. The van der Waals surface area contributed by atoms with Gasteiger partial charge >= 0.3 is 6.18 Å². The molecule has 0 aliphatic heterocycles. The Balaban J connectivity index is 2.55. The monoisotopic (exact) mass is 326 g/mol. The van der Waals surface area contributed by atoms with Crippen molar-refractivity contribution < 1.29 is 27.8 Å². The first kappa shape index (κ1) is 16.8. The minimum atomic E-state index is -4.50. The number of nitrogens with two attached hydrogens (primary N) is 1. The Bertz CT molecular complexity index is 717. The molecule has 0 radical (unpaired) electrons. The molecule has 1 heterocycles. The predicted molar refractivity (Wildman–Crippen MR) is 75.8 cm³/mol. The lowest BCUT2D eigenvalue weighted by Crippen LogP contribution is -2.12. The number of alkyl halides is 3. The largest absolute Gasteiger partial charge is 0.475 e. The number of aromatic nitrogens is 1. The summed E-state index contributed by atoms with van der Waals surface area (Å²) in [6.45, 7) is -0.379. The molecule has 0 unspecified atom stereocenters. The first-order chi connectivity index (χ1) is 10.8. The van der Waals surface area contributed by atoms with Crippen LogP contribution >= 0.6 is 0 Å². The van der Waals surface area contributed by atoms with Crippen LogP contribution in [0.25, 0.3) is 11.1 Å². The van der Waals surface area contributed by atoms with Gasteiger partial charge < -0.3 is 15.6 Å².